The molecule has 1 saturated carbocycles. The van der Waals surface area contributed by atoms with Crippen LogP contribution in [0.1, 0.15) is 61.6 Å². The van der Waals surface area contributed by atoms with E-state index in [1.54, 1.807) is 0 Å². The van der Waals surface area contributed by atoms with Gasteiger partial charge in [0.15, 0.2) is 0 Å². The Morgan fingerprint density at radius 1 is 1.28 bits per heavy atom. The highest BCUT2D eigenvalue weighted by atomic mass is 16.5. The zero-order chi connectivity index (χ0) is 17.7. The first-order valence-electron chi connectivity index (χ1n) is 9.87. The molecule has 3 N–H and O–H groups in total. The molecule has 3 nitrogen and oxygen atoms in total. The molecular formula is C22H33NO2. The summed E-state index contributed by atoms with van der Waals surface area (Å²) in [4.78, 5) is 0. The third-order valence-corrected chi connectivity index (χ3v) is 5.96. The Morgan fingerprint density at radius 3 is 2.92 bits per heavy atom. The summed E-state index contributed by atoms with van der Waals surface area (Å²) in [5.74, 6) is 1.15. The van der Waals surface area contributed by atoms with Gasteiger partial charge in [0.05, 0.1) is 19.8 Å². The number of hydrogen-bond acceptors (Lipinski definition) is 3. The predicted octanol–water partition coefficient (Wildman–Crippen LogP) is 3.73. The number of fused-ring (bicyclic) bond motifs is 1. The van der Waals surface area contributed by atoms with Crippen molar-refractivity contribution in [2.45, 2.75) is 63.3 Å². The van der Waals surface area contributed by atoms with Crippen molar-refractivity contribution in [3.63, 3.8) is 0 Å². The van der Waals surface area contributed by atoms with Crippen LogP contribution in [0, 0.1) is 5.92 Å². The third-order valence-electron chi connectivity index (χ3n) is 5.96. The van der Waals surface area contributed by atoms with Crippen LogP contribution >= 0.6 is 0 Å². The Morgan fingerprint density at radius 2 is 2.16 bits per heavy atom. The molecule has 0 amide bonds. The van der Waals surface area contributed by atoms with E-state index in [4.69, 9.17) is 10.5 Å². The number of aliphatic hydroxyl groups excluding tert-OH is 1. The maximum Gasteiger partial charge on any atom is 0.0647 e. The molecule has 1 unspecified atom stereocenters. The first-order valence-corrected chi connectivity index (χ1v) is 9.87. The summed E-state index contributed by atoms with van der Waals surface area (Å²) >= 11 is 0. The van der Waals surface area contributed by atoms with Crippen molar-refractivity contribution < 1.29 is 9.84 Å². The summed E-state index contributed by atoms with van der Waals surface area (Å²) in [7, 11) is 0. The molecule has 0 aromatic heterocycles. The number of aliphatic hydroxyl groups is 1. The van der Waals surface area contributed by atoms with Crippen molar-refractivity contribution in [1.29, 1.82) is 0 Å². The molecule has 25 heavy (non-hydrogen) atoms. The molecule has 3 atom stereocenters. The van der Waals surface area contributed by atoms with Gasteiger partial charge in [-0.1, -0.05) is 37.3 Å². The largest absolute Gasteiger partial charge is 0.394 e. The van der Waals surface area contributed by atoms with Crippen molar-refractivity contribution in [3.8, 4) is 0 Å². The monoisotopic (exact) mass is 343 g/mol. The van der Waals surface area contributed by atoms with Gasteiger partial charge >= 0.3 is 0 Å². The number of aryl methyl sites for hydroxylation is 1. The molecule has 138 valence electrons. The zero-order valence-corrected chi connectivity index (χ0v) is 15.5. The summed E-state index contributed by atoms with van der Waals surface area (Å²) in [5.41, 5.74) is 10.3. The Labute approximate surface area is 152 Å². The quantitative estimate of drug-likeness (QED) is 0.586. The highest BCUT2D eigenvalue weighted by molar-refractivity contribution is 5.36. The first-order chi connectivity index (χ1) is 12.1. The second-order valence-electron chi connectivity index (χ2n) is 8.01. The number of benzene rings is 1. The molecule has 2 aliphatic rings. The van der Waals surface area contributed by atoms with Crippen molar-refractivity contribution in [2.24, 2.45) is 11.7 Å². The Hall–Kier alpha value is -1.16. The van der Waals surface area contributed by atoms with Gasteiger partial charge in [0, 0.05) is 5.54 Å². The number of ether oxygens (including phenoxy) is 1. The highest BCUT2D eigenvalue weighted by Crippen LogP contribution is 2.40. The number of hydrogen-bond donors (Lipinski definition) is 2. The van der Waals surface area contributed by atoms with Crippen molar-refractivity contribution in [1.82, 2.24) is 0 Å². The van der Waals surface area contributed by atoms with Crippen molar-refractivity contribution >= 4 is 0 Å². The molecule has 2 aliphatic carbocycles. The number of rotatable bonds is 7. The van der Waals surface area contributed by atoms with Crippen LogP contribution in [0.2, 0.25) is 0 Å². The lowest BCUT2D eigenvalue weighted by atomic mass is 9.82. The molecule has 0 bridgehead atoms. The minimum Gasteiger partial charge on any atom is -0.394 e. The Balaban J connectivity index is 1.56. The molecule has 1 aromatic carbocycles. The van der Waals surface area contributed by atoms with E-state index in [0.29, 0.717) is 11.8 Å². The number of nitrogens with two attached hydrogens (primary N) is 1. The SMILES string of the molecule is CC/C=C/COCC1CCc2cc([C@H]3CC[C@](N)(CO)C3)ccc2C1. The number of allylic oxidation sites excluding steroid dienone is 1. The molecule has 0 heterocycles. The summed E-state index contributed by atoms with van der Waals surface area (Å²) < 4.78 is 5.81. The van der Waals surface area contributed by atoms with Crippen LogP contribution in [0.25, 0.3) is 0 Å². The van der Waals surface area contributed by atoms with E-state index in [1.807, 2.05) is 0 Å². The van der Waals surface area contributed by atoms with Crippen LogP contribution in [0.5, 0.6) is 0 Å². The van der Waals surface area contributed by atoms with Crippen LogP contribution in [0.15, 0.2) is 30.4 Å². The van der Waals surface area contributed by atoms with E-state index in [-0.39, 0.29) is 12.1 Å². The maximum absolute atomic E-state index is 9.49. The minimum absolute atomic E-state index is 0.101. The molecule has 1 fully saturated rings. The molecule has 0 radical (unpaired) electrons. The summed E-state index contributed by atoms with van der Waals surface area (Å²) in [6, 6.07) is 7.02. The molecule has 3 heteroatoms. The normalized spacial score (nSPS) is 29.2. The van der Waals surface area contributed by atoms with Gasteiger partial charge in [-0.15, -0.1) is 0 Å². The van der Waals surface area contributed by atoms with Gasteiger partial charge in [0.2, 0.25) is 0 Å². The molecule has 0 spiro atoms. The summed E-state index contributed by atoms with van der Waals surface area (Å²) in [6.45, 7) is 3.85. The lowest BCUT2D eigenvalue weighted by molar-refractivity contribution is 0.116. The third kappa shape index (κ3) is 4.72. The highest BCUT2D eigenvalue weighted by Gasteiger charge is 2.36. The lowest BCUT2D eigenvalue weighted by Crippen LogP contribution is -2.40. The minimum atomic E-state index is -0.366. The fourth-order valence-corrected chi connectivity index (χ4v) is 4.37. The standard InChI is InChI=1S/C22H33NO2/c1-2-3-4-11-25-15-17-5-6-19-13-20(8-7-18(19)12-17)21-9-10-22(23,14-21)16-24/h3-4,7-8,13,17,21,24H,2,5-6,9-12,14-16,23H2,1H3/b4-3+/t17?,21-,22+/m0/s1. The molecule has 0 aliphatic heterocycles. The van der Waals surface area contributed by atoms with Crippen LogP contribution in [-0.4, -0.2) is 30.5 Å². The van der Waals surface area contributed by atoms with Crippen LogP contribution in [0.4, 0.5) is 0 Å². The molecular weight excluding hydrogens is 310 g/mol. The first kappa shape index (κ1) is 18.6. The van der Waals surface area contributed by atoms with E-state index in [9.17, 15) is 5.11 Å². The van der Waals surface area contributed by atoms with E-state index >= 15 is 0 Å². The summed E-state index contributed by atoms with van der Waals surface area (Å²) in [5, 5.41) is 9.49. The van der Waals surface area contributed by atoms with Gasteiger partial charge in [-0.25, -0.2) is 0 Å². The van der Waals surface area contributed by atoms with Gasteiger partial charge in [-0.2, -0.15) is 0 Å². The Bertz CT molecular complexity index is 598. The van der Waals surface area contributed by atoms with E-state index in [1.165, 1.54) is 23.1 Å². The smallest absolute Gasteiger partial charge is 0.0647 e. The van der Waals surface area contributed by atoms with E-state index in [0.717, 1.165) is 51.7 Å². The second kappa shape index (κ2) is 8.48. The van der Waals surface area contributed by atoms with Gasteiger partial charge < -0.3 is 15.6 Å². The molecule has 1 aromatic rings. The van der Waals surface area contributed by atoms with Crippen molar-refractivity contribution in [3.05, 3.63) is 47.0 Å². The predicted molar refractivity (Wildman–Crippen MR) is 103 cm³/mol. The molecule has 3 rings (SSSR count). The average Bonchev–Trinajstić information content (AvgIpc) is 3.04. The summed E-state index contributed by atoms with van der Waals surface area (Å²) in [6.07, 6.45) is 11.8. The maximum atomic E-state index is 9.49. The van der Waals surface area contributed by atoms with Crippen molar-refractivity contribution in [2.75, 3.05) is 19.8 Å². The van der Waals surface area contributed by atoms with Gasteiger partial charge in [-0.05, 0) is 73.5 Å². The van der Waals surface area contributed by atoms with Crippen LogP contribution in [0.3, 0.4) is 0 Å². The fraction of sp³-hybridized carbons (Fsp3) is 0.636. The van der Waals surface area contributed by atoms with Gasteiger partial charge in [-0.3, -0.25) is 0 Å². The van der Waals surface area contributed by atoms with Crippen LogP contribution in [-0.2, 0) is 17.6 Å². The van der Waals surface area contributed by atoms with E-state index < -0.39 is 0 Å². The fourth-order valence-electron chi connectivity index (χ4n) is 4.37. The topological polar surface area (TPSA) is 55.5 Å². The van der Waals surface area contributed by atoms with E-state index in [2.05, 4.69) is 37.3 Å². The second-order valence-corrected chi connectivity index (χ2v) is 8.01. The molecule has 0 saturated heterocycles. The lowest BCUT2D eigenvalue weighted by Gasteiger charge is -2.26. The van der Waals surface area contributed by atoms with Gasteiger partial charge in [0.1, 0.15) is 0 Å². The average molecular weight is 344 g/mol. The Kier molecular flexibility index (Phi) is 6.32. The van der Waals surface area contributed by atoms with Gasteiger partial charge in [0.25, 0.3) is 0 Å². The zero-order valence-electron chi connectivity index (χ0n) is 15.5. The van der Waals surface area contributed by atoms with Crippen LogP contribution < -0.4 is 5.73 Å².